The molecule has 3 rings (SSSR count). The number of rotatable bonds is 8. The molecule has 0 fully saturated rings. The minimum absolute atomic E-state index is 0.0972. The highest BCUT2D eigenvalue weighted by Crippen LogP contribution is 2.28. The number of nitrogens with one attached hydrogen (secondary N) is 1. The highest BCUT2D eigenvalue weighted by atomic mass is 35.5. The van der Waals surface area contributed by atoms with Crippen molar-refractivity contribution >= 4 is 46.6 Å². The number of benzene rings is 3. The van der Waals surface area contributed by atoms with Crippen molar-refractivity contribution in [1.82, 2.24) is 10.2 Å². The van der Waals surface area contributed by atoms with Gasteiger partial charge in [-0.05, 0) is 56.2 Å². The summed E-state index contributed by atoms with van der Waals surface area (Å²) in [6, 6.07) is 21.2. The summed E-state index contributed by atoms with van der Waals surface area (Å²) in [6.07, 6.45) is 0.449. The average molecular weight is 532 g/mol. The van der Waals surface area contributed by atoms with Gasteiger partial charge in [-0.3, -0.25) is 9.59 Å². The molecule has 3 aromatic carbocycles. The van der Waals surface area contributed by atoms with Crippen molar-refractivity contribution in [2.24, 2.45) is 0 Å². The van der Waals surface area contributed by atoms with Crippen LogP contribution >= 0.6 is 34.8 Å². The van der Waals surface area contributed by atoms with E-state index in [2.05, 4.69) is 5.32 Å². The first-order valence-corrected chi connectivity index (χ1v) is 12.5. The Balaban J connectivity index is 2.03. The van der Waals surface area contributed by atoms with Gasteiger partial charge in [0.25, 0.3) is 0 Å². The smallest absolute Gasteiger partial charge is 0.243 e. The Morgan fingerprint density at radius 3 is 2.00 bits per heavy atom. The molecule has 0 radical (unpaired) electrons. The summed E-state index contributed by atoms with van der Waals surface area (Å²) >= 11 is 19.0. The van der Waals surface area contributed by atoms with Crippen molar-refractivity contribution in [2.75, 3.05) is 0 Å². The van der Waals surface area contributed by atoms with E-state index in [4.69, 9.17) is 34.8 Å². The fourth-order valence-corrected chi connectivity index (χ4v) is 4.38. The minimum Gasteiger partial charge on any atom is -0.350 e. The van der Waals surface area contributed by atoms with Crippen LogP contribution in [-0.4, -0.2) is 28.3 Å². The predicted octanol–water partition coefficient (Wildman–Crippen LogP) is 6.74. The van der Waals surface area contributed by atoms with E-state index >= 15 is 0 Å². The van der Waals surface area contributed by atoms with E-state index in [0.717, 1.165) is 11.1 Å². The van der Waals surface area contributed by atoms with Gasteiger partial charge in [-0.2, -0.15) is 0 Å². The molecule has 1 atom stereocenters. The van der Waals surface area contributed by atoms with Crippen LogP contribution in [-0.2, 0) is 29.0 Å². The summed E-state index contributed by atoms with van der Waals surface area (Å²) in [4.78, 5) is 28.9. The maximum absolute atomic E-state index is 13.8. The van der Waals surface area contributed by atoms with Gasteiger partial charge in [-0.1, -0.05) is 83.3 Å². The molecule has 35 heavy (non-hydrogen) atoms. The van der Waals surface area contributed by atoms with Crippen LogP contribution in [0, 0.1) is 0 Å². The van der Waals surface area contributed by atoms with Gasteiger partial charge < -0.3 is 10.2 Å². The molecular formula is C28H29Cl3N2O2. The number of carbonyl (C=O) groups excluding carboxylic acids is 2. The van der Waals surface area contributed by atoms with Crippen molar-refractivity contribution in [3.8, 4) is 0 Å². The third-order valence-electron chi connectivity index (χ3n) is 5.43. The first-order valence-electron chi connectivity index (χ1n) is 11.4. The molecule has 2 amide bonds. The third-order valence-corrected chi connectivity index (χ3v) is 6.39. The number of hydrogen-bond donors (Lipinski definition) is 1. The average Bonchev–Trinajstić information content (AvgIpc) is 2.79. The van der Waals surface area contributed by atoms with Crippen LogP contribution in [0.4, 0.5) is 0 Å². The first-order chi connectivity index (χ1) is 16.5. The van der Waals surface area contributed by atoms with Crippen LogP contribution in [0.25, 0.3) is 0 Å². The predicted molar refractivity (Wildman–Crippen MR) is 144 cm³/mol. The Hall–Kier alpha value is -2.53. The summed E-state index contributed by atoms with van der Waals surface area (Å²) < 4.78 is 0. The molecule has 0 aromatic heterocycles. The summed E-state index contributed by atoms with van der Waals surface area (Å²) in [7, 11) is 0. The molecule has 184 valence electrons. The highest BCUT2D eigenvalue weighted by molar-refractivity contribution is 6.36. The second-order valence-corrected chi connectivity index (χ2v) is 10.7. The Morgan fingerprint density at radius 2 is 1.43 bits per heavy atom. The molecular weight excluding hydrogens is 503 g/mol. The zero-order chi connectivity index (χ0) is 25.6. The van der Waals surface area contributed by atoms with Crippen LogP contribution < -0.4 is 5.32 Å². The van der Waals surface area contributed by atoms with Gasteiger partial charge >= 0.3 is 0 Å². The molecule has 0 aliphatic rings. The van der Waals surface area contributed by atoms with E-state index in [0.29, 0.717) is 27.1 Å². The molecule has 0 heterocycles. The Labute approximate surface area is 222 Å². The summed E-state index contributed by atoms with van der Waals surface area (Å²) in [5, 5.41) is 4.52. The fraction of sp³-hybridized carbons (Fsp3) is 0.286. The van der Waals surface area contributed by atoms with E-state index in [1.165, 1.54) is 0 Å². The fourth-order valence-electron chi connectivity index (χ4n) is 3.74. The van der Waals surface area contributed by atoms with Gasteiger partial charge in [0.1, 0.15) is 6.04 Å². The van der Waals surface area contributed by atoms with E-state index in [1.54, 1.807) is 35.2 Å². The lowest BCUT2D eigenvalue weighted by atomic mass is 9.99. The molecule has 1 unspecified atom stereocenters. The molecule has 1 N–H and O–H groups in total. The van der Waals surface area contributed by atoms with Gasteiger partial charge in [0.2, 0.25) is 11.8 Å². The normalized spacial score (nSPS) is 12.2. The molecule has 4 nitrogen and oxygen atoms in total. The highest BCUT2D eigenvalue weighted by Gasteiger charge is 2.33. The maximum Gasteiger partial charge on any atom is 0.243 e. The van der Waals surface area contributed by atoms with Gasteiger partial charge in [-0.15, -0.1) is 0 Å². The standard InChI is InChI=1S/C28H29Cl3N2O2/c1-28(2,3)32-27(35)25(16-19-8-5-4-6-9-19)33(18-22-23(30)10-7-11-24(22)31)26(34)17-20-12-14-21(29)15-13-20/h4-15,25H,16-18H2,1-3H3,(H,32,35). The van der Waals surface area contributed by atoms with Crippen molar-refractivity contribution in [1.29, 1.82) is 0 Å². The van der Waals surface area contributed by atoms with Crippen LogP contribution in [0.1, 0.15) is 37.5 Å². The van der Waals surface area contributed by atoms with Gasteiger partial charge in [0, 0.05) is 39.1 Å². The molecule has 7 heteroatoms. The van der Waals surface area contributed by atoms with E-state index in [-0.39, 0.29) is 24.8 Å². The molecule has 0 spiro atoms. The number of hydrogen-bond acceptors (Lipinski definition) is 2. The monoisotopic (exact) mass is 530 g/mol. The summed E-state index contributed by atoms with van der Waals surface area (Å²) in [6.45, 7) is 5.83. The second-order valence-electron chi connectivity index (χ2n) is 9.47. The second kappa shape index (κ2) is 11.9. The molecule has 0 bridgehead atoms. The quantitative estimate of drug-likeness (QED) is 0.350. The molecule has 0 aliphatic heterocycles. The lowest BCUT2D eigenvalue weighted by Crippen LogP contribution is -2.54. The summed E-state index contributed by atoms with van der Waals surface area (Å²) in [5.74, 6) is -0.456. The number of nitrogens with zero attached hydrogens (tertiary/aromatic N) is 1. The van der Waals surface area contributed by atoms with Gasteiger partial charge in [-0.25, -0.2) is 0 Å². The SMILES string of the molecule is CC(C)(C)NC(=O)C(Cc1ccccc1)N(Cc1c(Cl)cccc1Cl)C(=O)Cc1ccc(Cl)cc1. The van der Waals surface area contributed by atoms with Crippen molar-refractivity contribution in [2.45, 2.75) is 51.7 Å². The first kappa shape index (κ1) is 27.1. The van der Waals surface area contributed by atoms with Gasteiger partial charge in [0.15, 0.2) is 0 Å². The van der Waals surface area contributed by atoms with Crippen LogP contribution in [0.3, 0.4) is 0 Å². The third kappa shape index (κ3) is 7.99. The Morgan fingerprint density at radius 1 is 0.829 bits per heavy atom. The Kier molecular flexibility index (Phi) is 9.23. The number of carbonyl (C=O) groups is 2. The van der Waals surface area contributed by atoms with Crippen molar-refractivity contribution in [3.63, 3.8) is 0 Å². The zero-order valence-corrected chi connectivity index (χ0v) is 22.3. The van der Waals surface area contributed by atoms with E-state index < -0.39 is 11.6 Å². The van der Waals surface area contributed by atoms with Crippen LogP contribution in [0.15, 0.2) is 72.8 Å². The van der Waals surface area contributed by atoms with E-state index in [9.17, 15) is 9.59 Å². The van der Waals surface area contributed by atoms with E-state index in [1.807, 2.05) is 63.2 Å². The zero-order valence-electron chi connectivity index (χ0n) is 20.0. The van der Waals surface area contributed by atoms with Gasteiger partial charge in [0.05, 0.1) is 6.42 Å². The topological polar surface area (TPSA) is 49.4 Å². The largest absolute Gasteiger partial charge is 0.350 e. The van der Waals surface area contributed by atoms with Crippen molar-refractivity contribution in [3.05, 3.63) is 105 Å². The summed E-state index contributed by atoms with van der Waals surface area (Å²) in [5.41, 5.74) is 1.86. The molecule has 3 aromatic rings. The lowest BCUT2D eigenvalue weighted by Gasteiger charge is -2.34. The molecule has 0 saturated carbocycles. The lowest BCUT2D eigenvalue weighted by molar-refractivity contribution is -0.141. The minimum atomic E-state index is -0.774. The number of halogens is 3. The van der Waals surface area contributed by atoms with Crippen LogP contribution in [0.2, 0.25) is 15.1 Å². The number of amides is 2. The Bertz CT molecular complexity index is 1140. The van der Waals surface area contributed by atoms with Crippen molar-refractivity contribution < 1.29 is 9.59 Å². The molecule has 0 aliphatic carbocycles. The molecule has 0 saturated heterocycles. The maximum atomic E-state index is 13.8. The van der Waals surface area contributed by atoms with Crippen LogP contribution in [0.5, 0.6) is 0 Å².